The highest BCUT2D eigenvalue weighted by atomic mass is 35.5. The number of hydrogen-bond acceptors (Lipinski definition) is 3. The van der Waals surface area contributed by atoms with Gasteiger partial charge < -0.3 is 5.32 Å². The van der Waals surface area contributed by atoms with Gasteiger partial charge in [-0.05, 0) is 12.8 Å². The molecule has 4 heteroatoms. The van der Waals surface area contributed by atoms with E-state index >= 15 is 0 Å². The van der Waals surface area contributed by atoms with E-state index in [9.17, 15) is 0 Å². The Bertz CT molecular complexity index is 375. The van der Waals surface area contributed by atoms with Crippen molar-refractivity contribution in [1.82, 2.24) is 9.97 Å². The van der Waals surface area contributed by atoms with Crippen molar-refractivity contribution < 1.29 is 0 Å². The third-order valence-electron chi connectivity index (χ3n) is 3.36. The van der Waals surface area contributed by atoms with Gasteiger partial charge in [0.15, 0.2) is 0 Å². The van der Waals surface area contributed by atoms with E-state index in [0.29, 0.717) is 17.1 Å². The van der Waals surface area contributed by atoms with Crippen LogP contribution in [0.4, 0.5) is 5.82 Å². The first-order chi connectivity index (χ1) is 8.47. The van der Waals surface area contributed by atoms with Crippen molar-refractivity contribution in [1.29, 1.82) is 0 Å². The second-order valence-corrected chi connectivity index (χ2v) is 5.49. The van der Waals surface area contributed by atoms with Gasteiger partial charge in [-0.25, -0.2) is 9.97 Å². The molecule has 1 N–H and O–H groups in total. The van der Waals surface area contributed by atoms with Gasteiger partial charge in [0.05, 0.1) is 0 Å². The molecule has 0 fully saturated rings. The second-order valence-electron chi connectivity index (χ2n) is 5.10. The monoisotopic (exact) mass is 269 g/mol. The Hall–Kier alpha value is -0.830. The molecule has 1 aromatic rings. The molecule has 3 nitrogen and oxygen atoms in total. The predicted octanol–water partition coefficient (Wildman–Crippen LogP) is 4.49. The lowest BCUT2D eigenvalue weighted by Crippen LogP contribution is -2.25. The van der Waals surface area contributed by atoms with E-state index in [1.807, 2.05) is 0 Å². The third kappa shape index (κ3) is 4.13. The van der Waals surface area contributed by atoms with E-state index in [-0.39, 0.29) is 5.92 Å². The number of nitrogens with zero attached hydrogens (tertiary/aromatic N) is 2. The lowest BCUT2D eigenvalue weighted by Gasteiger charge is -2.23. The molecule has 1 rings (SSSR count). The standard InChI is InChI=1S/C14H24ClN3/c1-6-11(7-2)10(5)16-13-8-12(15)17-14(18-13)9(3)4/h8-11H,6-7H2,1-5H3,(H,16,17,18). The molecule has 0 radical (unpaired) electrons. The predicted molar refractivity (Wildman–Crippen MR) is 78.3 cm³/mol. The van der Waals surface area contributed by atoms with Crippen molar-refractivity contribution in [2.45, 2.75) is 59.4 Å². The minimum absolute atomic E-state index is 0.285. The van der Waals surface area contributed by atoms with Gasteiger partial charge in [0.2, 0.25) is 0 Å². The normalized spacial score (nSPS) is 13.1. The number of nitrogens with one attached hydrogen (secondary N) is 1. The molecule has 0 bridgehead atoms. The van der Waals surface area contributed by atoms with Crippen LogP contribution in [-0.4, -0.2) is 16.0 Å². The van der Waals surface area contributed by atoms with Crippen molar-refractivity contribution in [2.24, 2.45) is 5.92 Å². The van der Waals surface area contributed by atoms with Gasteiger partial charge in [0.1, 0.15) is 16.8 Å². The molecular weight excluding hydrogens is 246 g/mol. The fourth-order valence-electron chi connectivity index (χ4n) is 2.11. The molecule has 0 aromatic carbocycles. The number of anilines is 1. The molecule has 1 unspecified atom stereocenters. The molecule has 0 spiro atoms. The summed E-state index contributed by atoms with van der Waals surface area (Å²) in [6.07, 6.45) is 2.33. The Kier molecular flexibility index (Phi) is 5.86. The second kappa shape index (κ2) is 6.93. The largest absolute Gasteiger partial charge is 0.367 e. The zero-order chi connectivity index (χ0) is 13.7. The summed E-state index contributed by atoms with van der Waals surface area (Å²) in [5.74, 6) is 2.56. The molecule has 0 amide bonds. The van der Waals surface area contributed by atoms with Crippen molar-refractivity contribution >= 4 is 17.4 Å². The van der Waals surface area contributed by atoms with Crippen LogP contribution in [0.2, 0.25) is 5.15 Å². The minimum Gasteiger partial charge on any atom is -0.367 e. The van der Waals surface area contributed by atoms with E-state index in [4.69, 9.17) is 11.6 Å². The van der Waals surface area contributed by atoms with E-state index in [1.54, 1.807) is 6.07 Å². The summed E-state index contributed by atoms with van der Waals surface area (Å²) >= 11 is 6.03. The maximum absolute atomic E-state index is 6.03. The van der Waals surface area contributed by atoms with Gasteiger partial charge in [-0.3, -0.25) is 0 Å². The Morgan fingerprint density at radius 2 is 1.78 bits per heavy atom. The maximum Gasteiger partial charge on any atom is 0.135 e. The molecule has 0 aliphatic heterocycles. The van der Waals surface area contributed by atoms with Gasteiger partial charge in [-0.2, -0.15) is 0 Å². The highest BCUT2D eigenvalue weighted by molar-refractivity contribution is 6.29. The molecule has 0 aliphatic rings. The van der Waals surface area contributed by atoms with Crippen molar-refractivity contribution in [3.8, 4) is 0 Å². The van der Waals surface area contributed by atoms with E-state index in [0.717, 1.165) is 11.6 Å². The number of rotatable bonds is 6. The number of halogens is 1. The fourth-order valence-corrected chi connectivity index (χ4v) is 2.30. The van der Waals surface area contributed by atoms with Crippen molar-refractivity contribution in [3.05, 3.63) is 17.0 Å². The van der Waals surface area contributed by atoms with Crippen LogP contribution in [0.5, 0.6) is 0 Å². The molecular formula is C14H24ClN3. The summed E-state index contributed by atoms with van der Waals surface area (Å²) in [6.45, 7) is 10.8. The van der Waals surface area contributed by atoms with Crippen LogP contribution in [-0.2, 0) is 0 Å². The third-order valence-corrected chi connectivity index (χ3v) is 3.55. The van der Waals surface area contributed by atoms with Crippen LogP contribution >= 0.6 is 11.6 Å². The molecule has 1 heterocycles. The highest BCUT2D eigenvalue weighted by Crippen LogP contribution is 2.20. The average Bonchev–Trinajstić information content (AvgIpc) is 2.29. The Balaban J connectivity index is 2.83. The Morgan fingerprint density at radius 3 is 2.28 bits per heavy atom. The van der Waals surface area contributed by atoms with Crippen LogP contribution in [0.25, 0.3) is 0 Å². The quantitative estimate of drug-likeness (QED) is 0.773. The number of aromatic nitrogens is 2. The first kappa shape index (κ1) is 15.2. The van der Waals surface area contributed by atoms with Crippen LogP contribution in [0.1, 0.15) is 59.2 Å². The van der Waals surface area contributed by atoms with E-state index in [1.165, 1.54) is 12.8 Å². The summed E-state index contributed by atoms with van der Waals surface area (Å²) in [5.41, 5.74) is 0. The maximum atomic E-state index is 6.03. The lowest BCUT2D eigenvalue weighted by molar-refractivity contribution is 0.437. The summed E-state index contributed by atoms with van der Waals surface area (Å²) < 4.78 is 0. The van der Waals surface area contributed by atoms with E-state index < -0.39 is 0 Å². The van der Waals surface area contributed by atoms with Gasteiger partial charge in [0.25, 0.3) is 0 Å². The van der Waals surface area contributed by atoms with E-state index in [2.05, 4.69) is 49.9 Å². The smallest absolute Gasteiger partial charge is 0.135 e. The molecule has 0 saturated carbocycles. The molecule has 0 aliphatic carbocycles. The molecule has 1 aromatic heterocycles. The van der Waals surface area contributed by atoms with Gasteiger partial charge in [-0.15, -0.1) is 0 Å². The number of hydrogen-bond donors (Lipinski definition) is 1. The van der Waals surface area contributed by atoms with Gasteiger partial charge in [0, 0.05) is 18.0 Å². The summed E-state index contributed by atoms with van der Waals surface area (Å²) in [6, 6.07) is 2.19. The van der Waals surface area contributed by atoms with Crippen molar-refractivity contribution in [2.75, 3.05) is 5.32 Å². The molecule has 1 atom stereocenters. The Labute approximate surface area is 115 Å². The van der Waals surface area contributed by atoms with Gasteiger partial charge >= 0.3 is 0 Å². The van der Waals surface area contributed by atoms with Gasteiger partial charge in [-0.1, -0.05) is 52.1 Å². The summed E-state index contributed by atoms with van der Waals surface area (Å²) in [5, 5.41) is 3.95. The SMILES string of the molecule is CCC(CC)C(C)Nc1cc(Cl)nc(C(C)C)n1. The topological polar surface area (TPSA) is 37.8 Å². The van der Waals surface area contributed by atoms with Crippen LogP contribution in [0.15, 0.2) is 6.07 Å². The highest BCUT2D eigenvalue weighted by Gasteiger charge is 2.15. The lowest BCUT2D eigenvalue weighted by atomic mass is 9.95. The summed E-state index contributed by atoms with van der Waals surface area (Å²) in [7, 11) is 0. The molecule has 18 heavy (non-hydrogen) atoms. The first-order valence-corrected chi connectivity index (χ1v) is 7.16. The van der Waals surface area contributed by atoms with Crippen LogP contribution in [0.3, 0.4) is 0 Å². The molecule has 102 valence electrons. The zero-order valence-corrected chi connectivity index (χ0v) is 12.8. The molecule has 0 saturated heterocycles. The minimum atomic E-state index is 0.285. The van der Waals surface area contributed by atoms with Crippen molar-refractivity contribution in [3.63, 3.8) is 0 Å². The fraction of sp³-hybridized carbons (Fsp3) is 0.714. The Morgan fingerprint density at radius 1 is 1.17 bits per heavy atom. The van der Waals surface area contributed by atoms with Crippen LogP contribution < -0.4 is 5.32 Å². The average molecular weight is 270 g/mol. The first-order valence-electron chi connectivity index (χ1n) is 6.78. The zero-order valence-electron chi connectivity index (χ0n) is 12.0. The summed E-state index contributed by atoms with van der Waals surface area (Å²) in [4.78, 5) is 8.76. The van der Waals surface area contributed by atoms with Crippen LogP contribution in [0, 0.1) is 5.92 Å².